The van der Waals surface area contributed by atoms with Crippen LogP contribution in [0.1, 0.15) is 44.5 Å². The van der Waals surface area contributed by atoms with Gasteiger partial charge in [-0.25, -0.2) is 19.4 Å². The van der Waals surface area contributed by atoms with Crippen LogP contribution in [0.5, 0.6) is 5.75 Å². The van der Waals surface area contributed by atoms with Crippen LogP contribution in [0.3, 0.4) is 0 Å². The lowest BCUT2D eigenvalue weighted by Crippen LogP contribution is -2.56. The Morgan fingerprint density at radius 3 is 2.70 bits per heavy atom. The summed E-state index contributed by atoms with van der Waals surface area (Å²) in [6.45, 7) is 8.09. The average molecular weight is 503 g/mol. The topological polar surface area (TPSA) is 92.9 Å². The standard InChI is InChI=1S/C27H31FN8O/c1-17-15-30-25-13-22(20-12-19(37-5)7-8-21(20)28)34(4)36(25)26(17)31-23-10-11-35(16-27(23,2)3)24-9-6-18(14-29)32-33-24/h6-9,12-13,15,22-23,31H,10-11,16H2,1-5H3. The Morgan fingerprint density at radius 2 is 2.03 bits per heavy atom. The van der Waals surface area contributed by atoms with Crippen molar-refractivity contribution >= 4 is 12.0 Å². The molecule has 37 heavy (non-hydrogen) atoms. The van der Waals surface area contributed by atoms with E-state index in [9.17, 15) is 4.39 Å². The highest BCUT2D eigenvalue weighted by atomic mass is 19.1. The minimum absolute atomic E-state index is 0.101. The van der Waals surface area contributed by atoms with E-state index in [0.717, 1.165) is 42.5 Å². The number of allylic oxidation sites excluding steroid dienone is 1. The number of fused-ring (bicyclic) bond motifs is 1. The molecule has 1 aromatic heterocycles. The van der Waals surface area contributed by atoms with E-state index in [-0.39, 0.29) is 23.3 Å². The third-order valence-corrected chi connectivity index (χ3v) is 7.37. The first-order valence-corrected chi connectivity index (χ1v) is 12.3. The first-order valence-electron chi connectivity index (χ1n) is 12.3. The highest BCUT2D eigenvalue weighted by Gasteiger charge is 2.41. The first-order chi connectivity index (χ1) is 17.7. The predicted octanol–water partition coefficient (Wildman–Crippen LogP) is 3.75. The van der Waals surface area contributed by atoms with Crippen molar-refractivity contribution in [2.75, 3.05) is 32.1 Å². The van der Waals surface area contributed by atoms with E-state index < -0.39 is 0 Å². The number of halogens is 1. The van der Waals surface area contributed by atoms with E-state index in [1.807, 2.05) is 48.4 Å². The van der Waals surface area contributed by atoms with Crippen molar-refractivity contribution in [1.29, 1.82) is 5.26 Å². The molecular formula is C27H31FN8O. The zero-order valence-electron chi connectivity index (χ0n) is 21.7. The fourth-order valence-corrected chi connectivity index (χ4v) is 5.25. The number of nitrogens with zero attached hydrogens (tertiary/aromatic N) is 7. The van der Waals surface area contributed by atoms with Crippen molar-refractivity contribution < 1.29 is 9.13 Å². The summed E-state index contributed by atoms with van der Waals surface area (Å²) in [5.41, 5.74) is 1.75. The maximum atomic E-state index is 14.8. The molecule has 5 rings (SSSR count). The molecule has 2 unspecified atom stereocenters. The van der Waals surface area contributed by atoms with E-state index in [2.05, 4.69) is 39.3 Å². The summed E-state index contributed by atoms with van der Waals surface area (Å²) < 4.78 is 20.2. The van der Waals surface area contributed by atoms with Crippen LogP contribution in [0, 0.1) is 22.6 Å². The number of hydrogen-bond acceptors (Lipinski definition) is 9. The molecule has 9 nitrogen and oxygen atoms in total. The number of anilines is 1. The molecule has 2 atom stereocenters. The summed E-state index contributed by atoms with van der Waals surface area (Å²) in [5, 5.41) is 25.1. The van der Waals surface area contributed by atoms with Crippen molar-refractivity contribution in [1.82, 2.24) is 25.5 Å². The Hall–Kier alpha value is -3.97. The third kappa shape index (κ3) is 4.51. The van der Waals surface area contributed by atoms with E-state index in [4.69, 9.17) is 10.00 Å². The van der Waals surface area contributed by atoms with Gasteiger partial charge in [0.2, 0.25) is 0 Å². The maximum Gasteiger partial charge on any atom is 0.163 e. The minimum Gasteiger partial charge on any atom is -0.497 e. The number of methoxy groups -OCH3 is 1. The molecule has 0 aliphatic carbocycles. The second-order valence-electron chi connectivity index (χ2n) is 10.3. The number of benzene rings is 1. The molecule has 4 heterocycles. The molecule has 10 heteroatoms. The first kappa shape index (κ1) is 24.7. The van der Waals surface area contributed by atoms with Gasteiger partial charge < -0.3 is 15.0 Å². The zero-order valence-corrected chi connectivity index (χ0v) is 21.7. The van der Waals surface area contributed by atoms with Gasteiger partial charge in [0.05, 0.1) is 13.2 Å². The van der Waals surface area contributed by atoms with E-state index in [0.29, 0.717) is 17.0 Å². The molecule has 3 aliphatic heterocycles. The molecule has 0 bridgehead atoms. The number of likely N-dealkylation sites (N-methyl/N-ethyl adjacent to an activating group) is 1. The van der Waals surface area contributed by atoms with Crippen LogP contribution >= 0.6 is 0 Å². The SMILES string of the molecule is COc1ccc(F)c(C2C=C3N=CC(C)=C(NC4CCN(c5ccc(C#N)nn5)CC4(C)C)N3N2C)c1. The van der Waals surface area contributed by atoms with E-state index in [1.54, 1.807) is 25.3 Å². The minimum atomic E-state index is -0.324. The van der Waals surface area contributed by atoms with Gasteiger partial charge in [-0.05, 0) is 49.8 Å². The maximum absolute atomic E-state index is 14.8. The Bertz CT molecular complexity index is 1330. The average Bonchev–Trinajstić information content (AvgIpc) is 3.23. The number of nitrogens with one attached hydrogen (secondary N) is 1. The zero-order chi connectivity index (χ0) is 26.3. The number of hydrogen-bond donors (Lipinski definition) is 1. The molecule has 0 saturated carbocycles. The fourth-order valence-electron chi connectivity index (χ4n) is 5.25. The summed E-state index contributed by atoms with van der Waals surface area (Å²) in [7, 11) is 3.52. The van der Waals surface area contributed by atoms with Gasteiger partial charge in [0, 0.05) is 48.9 Å². The molecule has 1 saturated heterocycles. The van der Waals surface area contributed by atoms with Gasteiger partial charge in [0.1, 0.15) is 29.3 Å². The summed E-state index contributed by atoms with van der Waals surface area (Å²) in [4.78, 5) is 6.85. The Morgan fingerprint density at radius 1 is 1.22 bits per heavy atom. The Labute approximate surface area is 216 Å². The van der Waals surface area contributed by atoms with Gasteiger partial charge in [-0.15, -0.1) is 10.2 Å². The van der Waals surface area contributed by atoms with E-state index in [1.165, 1.54) is 6.07 Å². The molecule has 192 valence electrons. The van der Waals surface area contributed by atoms with Gasteiger partial charge >= 0.3 is 0 Å². The second kappa shape index (κ2) is 9.48. The van der Waals surface area contributed by atoms with Crippen LogP contribution in [-0.2, 0) is 0 Å². The monoisotopic (exact) mass is 502 g/mol. The summed E-state index contributed by atoms with van der Waals surface area (Å²) in [6.07, 6.45) is 4.71. The quantitative estimate of drug-likeness (QED) is 0.661. The molecule has 1 fully saturated rings. The lowest BCUT2D eigenvalue weighted by molar-refractivity contribution is 0.0497. The highest BCUT2D eigenvalue weighted by molar-refractivity contribution is 5.81. The van der Waals surface area contributed by atoms with Crippen LogP contribution in [0.15, 0.2) is 58.6 Å². The summed E-state index contributed by atoms with van der Waals surface area (Å²) in [5.74, 6) is 2.80. The van der Waals surface area contributed by atoms with Gasteiger partial charge in [0.25, 0.3) is 0 Å². The lowest BCUT2D eigenvalue weighted by atomic mass is 9.79. The van der Waals surface area contributed by atoms with Crippen molar-refractivity contribution in [2.24, 2.45) is 10.4 Å². The highest BCUT2D eigenvalue weighted by Crippen LogP contribution is 2.40. The number of aromatic nitrogens is 2. The van der Waals surface area contributed by atoms with Gasteiger partial charge in [-0.2, -0.15) is 5.26 Å². The van der Waals surface area contributed by atoms with Crippen molar-refractivity contribution in [2.45, 2.75) is 39.3 Å². The molecule has 1 N–H and O–H groups in total. The number of piperidine rings is 1. The number of nitriles is 1. The van der Waals surface area contributed by atoms with Crippen LogP contribution < -0.4 is 15.0 Å². The Balaban J connectivity index is 1.36. The smallest absolute Gasteiger partial charge is 0.163 e. The van der Waals surface area contributed by atoms with Crippen molar-refractivity contribution in [3.63, 3.8) is 0 Å². The largest absolute Gasteiger partial charge is 0.497 e. The van der Waals surface area contributed by atoms with Gasteiger partial charge in [-0.1, -0.05) is 13.8 Å². The van der Waals surface area contributed by atoms with Crippen molar-refractivity contribution in [3.8, 4) is 11.8 Å². The summed E-state index contributed by atoms with van der Waals surface area (Å²) >= 11 is 0. The van der Waals surface area contributed by atoms with Crippen LogP contribution in [0.25, 0.3) is 0 Å². The number of rotatable bonds is 5. The lowest BCUT2D eigenvalue weighted by Gasteiger charge is -2.47. The molecule has 0 spiro atoms. The number of ether oxygens (including phenoxy) is 1. The van der Waals surface area contributed by atoms with Crippen molar-refractivity contribution in [3.05, 3.63) is 70.7 Å². The third-order valence-electron chi connectivity index (χ3n) is 7.37. The number of hydrazine groups is 1. The molecule has 1 aromatic carbocycles. The van der Waals surface area contributed by atoms with Crippen LogP contribution in [-0.4, -0.2) is 59.7 Å². The molecule has 3 aliphatic rings. The Kier molecular flexibility index (Phi) is 6.33. The molecule has 0 amide bonds. The van der Waals surface area contributed by atoms with E-state index >= 15 is 0 Å². The molecule has 0 radical (unpaired) electrons. The molecular weight excluding hydrogens is 471 g/mol. The fraction of sp³-hybridized carbons (Fsp3) is 0.407. The normalized spacial score (nSPS) is 23.0. The predicted molar refractivity (Wildman–Crippen MR) is 139 cm³/mol. The van der Waals surface area contributed by atoms with Crippen LogP contribution in [0.4, 0.5) is 10.2 Å². The van der Waals surface area contributed by atoms with Gasteiger partial charge in [0.15, 0.2) is 11.5 Å². The second-order valence-corrected chi connectivity index (χ2v) is 10.3. The van der Waals surface area contributed by atoms with Crippen LogP contribution in [0.2, 0.25) is 0 Å². The molecule has 2 aromatic rings. The van der Waals surface area contributed by atoms with Gasteiger partial charge in [-0.3, -0.25) is 0 Å². The summed E-state index contributed by atoms with van der Waals surface area (Å²) in [6, 6.07) is 10.2. The number of aliphatic imine (C=N–C) groups is 1.